The van der Waals surface area contributed by atoms with Crippen LogP contribution in [0.25, 0.3) is 16.5 Å². The summed E-state index contributed by atoms with van der Waals surface area (Å²) >= 11 is 0. The molecule has 0 atom stereocenters. The topological polar surface area (TPSA) is 88.0 Å². The van der Waals surface area contributed by atoms with Crippen molar-refractivity contribution in [2.75, 3.05) is 39.3 Å². The molecule has 2 aromatic heterocycles. The van der Waals surface area contributed by atoms with Crippen molar-refractivity contribution in [3.05, 3.63) is 48.0 Å². The van der Waals surface area contributed by atoms with Crippen LogP contribution in [0.1, 0.15) is 16.2 Å². The minimum atomic E-state index is -0.184. The highest BCUT2D eigenvalue weighted by Crippen LogP contribution is 2.22. The van der Waals surface area contributed by atoms with Crippen LogP contribution in [0.4, 0.5) is 0 Å². The molecule has 1 aliphatic rings. The van der Waals surface area contributed by atoms with Gasteiger partial charge in [-0.15, -0.1) is 5.10 Å². The van der Waals surface area contributed by atoms with Crippen LogP contribution in [0.15, 0.2) is 36.7 Å². The van der Waals surface area contributed by atoms with E-state index >= 15 is 0 Å². The molecular weight excluding hydrogens is 342 g/mol. The summed E-state index contributed by atoms with van der Waals surface area (Å²) in [5.74, 6) is -0.184. The predicted octanol–water partition coefficient (Wildman–Crippen LogP) is 0.759. The van der Waals surface area contributed by atoms with Crippen molar-refractivity contribution in [3.63, 3.8) is 0 Å². The predicted molar refractivity (Wildman–Crippen MR) is 103 cm³/mol. The van der Waals surface area contributed by atoms with Crippen molar-refractivity contribution in [3.8, 4) is 5.69 Å². The van der Waals surface area contributed by atoms with Gasteiger partial charge < -0.3 is 10.6 Å². The van der Waals surface area contributed by atoms with Gasteiger partial charge in [0.2, 0.25) is 0 Å². The van der Waals surface area contributed by atoms with Crippen LogP contribution in [0.5, 0.6) is 0 Å². The fourth-order valence-electron chi connectivity index (χ4n) is 3.40. The second-order valence-electron chi connectivity index (χ2n) is 6.66. The number of piperazine rings is 1. The van der Waals surface area contributed by atoms with Gasteiger partial charge in [-0.05, 0) is 19.1 Å². The summed E-state index contributed by atoms with van der Waals surface area (Å²) in [6.45, 7) is 7.35. The molecule has 0 bridgehead atoms. The highest BCUT2D eigenvalue weighted by Gasteiger charge is 2.18. The largest absolute Gasteiger partial charge is 0.349 e. The van der Waals surface area contributed by atoms with Crippen molar-refractivity contribution < 1.29 is 4.79 Å². The molecule has 0 spiro atoms. The van der Waals surface area contributed by atoms with Crippen molar-refractivity contribution >= 4 is 16.7 Å². The Morgan fingerprint density at radius 2 is 2.11 bits per heavy atom. The number of nitrogens with zero attached hydrogens (tertiary/aromatic N) is 5. The fraction of sp³-hybridized carbons (Fsp3) is 0.368. The number of nitrogens with one attached hydrogen (secondary N) is 2. The highest BCUT2D eigenvalue weighted by molar-refractivity contribution is 5.94. The van der Waals surface area contributed by atoms with Gasteiger partial charge in [-0.1, -0.05) is 17.3 Å². The Morgan fingerprint density at radius 3 is 2.96 bits per heavy atom. The molecule has 140 valence electrons. The molecule has 1 amide bonds. The molecule has 8 heteroatoms. The Hall–Kier alpha value is -2.84. The Bertz CT molecular complexity index is 941. The Kier molecular flexibility index (Phi) is 5.08. The number of benzene rings is 1. The lowest BCUT2D eigenvalue weighted by atomic mass is 10.1. The first kappa shape index (κ1) is 17.6. The van der Waals surface area contributed by atoms with Crippen LogP contribution in [-0.2, 0) is 0 Å². The van der Waals surface area contributed by atoms with Crippen LogP contribution < -0.4 is 10.6 Å². The molecule has 27 heavy (non-hydrogen) atoms. The van der Waals surface area contributed by atoms with Crippen LogP contribution in [0.3, 0.4) is 0 Å². The zero-order valence-corrected chi connectivity index (χ0v) is 15.4. The molecule has 3 aromatic rings. The minimum Gasteiger partial charge on any atom is -0.349 e. The molecule has 0 radical (unpaired) electrons. The molecule has 1 aromatic carbocycles. The zero-order chi connectivity index (χ0) is 18.6. The molecule has 1 aliphatic heterocycles. The van der Waals surface area contributed by atoms with Gasteiger partial charge in [-0.25, -0.2) is 4.68 Å². The second-order valence-corrected chi connectivity index (χ2v) is 6.66. The van der Waals surface area contributed by atoms with E-state index in [1.807, 2.05) is 37.4 Å². The first-order valence-electron chi connectivity index (χ1n) is 9.21. The van der Waals surface area contributed by atoms with Crippen molar-refractivity contribution in [2.24, 2.45) is 0 Å². The summed E-state index contributed by atoms with van der Waals surface area (Å²) < 4.78 is 1.72. The van der Waals surface area contributed by atoms with Crippen LogP contribution in [-0.4, -0.2) is 70.1 Å². The first-order valence-corrected chi connectivity index (χ1v) is 9.21. The van der Waals surface area contributed by atoms with Gasteiger partial charge in [-0.3, -0.25) is 14.7 Å². The van der Waals surface area contributed by atoms with Crippen LogP contribution >= 0.6 is 0 Å². The Labute approximate surface area is 157 Å². The van der Waals surface area contributed by atoms with E-state index in [1.165, 1.54) is 0 Å². The summed E-state index contributed by atoms with van der Waals surface area (Å²) in [6.07, 6.45) is 3.57. The van der Waals surface area contributed by atoms with Gasteiger partial charge in [0.05, 0.1) is 11.4 Å². The summed E-state index contributed by atoms with van der Waals surface area (Å²) in [7, 11) is 0. The van der Waals surface area contributed by atoms with E-state index in [-0.39, 0.29) is 5.91 Å². The van der Waals surface area contributed by atoms with E-state index in [9.17, 15) is 4.79 Å². The van der Waals surface area contributed by atoms with E-state index in [2.05, 4.69) is 30.8 Å². The molecule has 1 fully saturated rings. The second kappa shape index (κ2) is 7.81. The first-order chi connectivity index (χ1) is 13.2. The Morgan fingerprint density at radius 1 is 1.26 bits per heavy atom. The summed E-state index contributed by atoms with van der Waals surface area (Å²) in [6, 6.07) is 7.87. The van der Waals surface area contributed by atoms with Crippen molar-refractivity contribution in [1.82, 2.24) is 35.5 Å². The molecule has 3 heterocycles. The lowest BCUT2D eigenvalue weighted by Gasteiger charge is -2.26. The van der Waals surface area contributed by atoms with Gasteiger partial charge in [0.1, 0.15) is 0 Å². The molecule has 2 N–H and O–H groups in total. The zero-order valence-electron chi connectivity index (χ0n) is 15.4. The SMILES string of the molecule is Cc1c(C(=O)NCCN2CCNCC2)nnn1-c1cccc2cnccc12. The third-order valence-electron chi connectivity index (χ3n) is 4.92. The molecule has 0 saturated carbocycles. The average Bonchev–Trinajstić information content (AvgIpc) is 3.09. The lowest BCUT2D eigenvalue weighted by Crippen LogP contribution is -2.46. The number of hydrogen-bond donors (Lipinski definition) is 2. The standard InChI is InChI=1S/C19H23N7O/c1-14-18(19(27)22-9-12-25-10-7-20-8-11-25)23-24-26(14)17-4-2-3-15-13-21-6-5-16(15)17/h2-6,13,20H,7-12H2,1H3,(H,22,27). The molecule has 0 aliphatic carbocycles. The van der Waals surface area contributed by atoms with Gasteiger partial charge in [0.15, 0.2) is 5.69 Å². The van der Waals surface area contributed by atoms with Gasteiger partial charge in [0.25, 0.3) is 5.91 Å². The van der Waals surface area contributed by atoms with Crippen LogP contribution in [0.2, 0.25) is 0 Å². The summed E-state index contributed by atoms with van der Waals surface area (Å²) in [5, 5.41) is 16.7. The number of aromatic nitrogens is 4. The number of amides is 1. The van der Waals surface area contributed by atoms with E-state index in [0.29, 0.717) is 12.2 Å². The number of carbonyl (C=O) groups excluding carboxylic acids is 1. The molecule has 8 nitrogen and oxygen atoms in total. The number of pyridine rings is 1. The smallest absolute Gasteiger partial charge is 0.273 e. The number of hydrogen-bond acceptors (Lipinski definition) is 6. The normalized spacial score (nSPS) is 15.1. The monoisotopic (exact) mass is 365 g/mol. The molecule has 1 saturated heterocycles. The average molecular weight is 365 g/mol. The van der Waals surface area contributed by atoms with Gasteiger partial charge >= 0.3 is 0 Å². The van der Waals surface area contributed by atoms with Crippen LogP contribution in [0, 0.1) is 6.92 Å². The maximum Gasteiger partial charge on any atom is 0.273 e. The third kappa shape index (κ3) is 3.67. The van der Waals surface area contributed by atoms with Gasteiger partial charge in [-0.2, -0.15) is 0 Å². The lowest BCUT2D eigenvalue weighted by molar-refractivity contribution is 0.0941. The number of rotatable bonds is 5. The van der Waals surface area contributed by atoms with E-state index < -0.39 is 0 Å². The quantitative estimate of drug-likeness (QED) is 0.694. The van der Waals surface area contributed by atoms with E-state index in [4.69, 9.17) is 0 Å². The molecular formula is C19H23N7O. The van der Waals surface area contributed by atoms with Gasteiger partial charge in [0, 0.05) is 62.4 Å². The molecule has 4 rings (SSSR count). The maximum absolute atomic E-state index is 12.5. The van der Waals surface area contributed by atoms with E-state index in [1.54, 1.807) is 10.9 Å². The highest BCUT2D eigenvalue weighted by atomic mass is 16.2. The van der Waals surface area contributed by atoms with Crippen molar-refractivity contribution in [1.29, 1.82) is 0 Å². The Balaban J connectivity index is 1.49. The third-order valence-corrected chi connectivity index (χ3v) is 4.92. The summed E-state index contributed by atoms with van der Waals surface area (Å²) in [4.78, 5) is 19.0. The fourth-order valence-corrected chi connectivity index (χ4v) is 3.40. The molecule has 0 unspecified atom stereocenters. The maximum atomic E-state index is 12.5. The number of fused-ring (bicyclic) bond motifs is 1. The summed E-state index contributed by atoms with van der Waals surface area (Å²) in [5.41, 5.74) is 1.97. The van der Waals surface area contributed by atoms with E-state index in [0.717, 1.165) is 54.9 Å². The number of carbonyl (C=O) groups is 1. The van der Waals surface area contributed by atoms with Crippen molar-refractivity contribution in [2.45, 2.75) is 6.92 Å². The minimum absolute atomic E-state index is 0.184.